The minimum Gasteiger partial charge on any atom is -0.272 e. The topological polar surface area (TPSA) is 17.8 Å². The zero-order chi connectivity index (χ0) is 12.7. The van der Waals surface area contributed by atoms with Gasteiger partial charge in [-0.3, -0.25) is 4.68 Å². The molecule has 0 aliphatic heterocycles. The quantitative estimate of drug-likeness (QED) is 0.745. The zero-order valence-electron chi connectivity index (χ0n) is 11.5. The highest BCUT2D eigenvalue weighted by atomic mass is 15.3. The highest BCUT2D eigenvalue weighted by Crippen LogP contribution is 2.34. The maximum Gasteiger partial charge on any atom is 0.0674 e. The van der Waals surface area contributed by atoms with Crippen LogP contribution in [0, 0.1) is 13.8 Å². The number of rotatable bonds is 1. The van der Waals surface area contributed by atoms with E-state index in [9.17, 15) is 0 Å². The second-order valence-electron chi connectivity index (χ2n) is 5.32. The van der Waals surface area contributed by atoms with Gasteiger partial charge in [-0.15, -0.1) is 0 Å². The molecular formula is C16H20N2. The Morgan fingerprint density at radius 1 is 1.11 bits per heavy atom. The van der Waals surface area contributed by atoms with E-state index in [1.165, 1.54) is 42.5 Å². The standard InChI is InChI=1S/C16H20N2/c1-11-16(12(2)18(3)17-11)15-10-6-8-13-7-4-5-9-14(13)15/h6,8,10H,4-5,7,9H2,1-3H3. The van der Waals surface area contributed by atoms with E-state index < -0.39 is 0 Å². The van der Waals surface area contributed by atoms with Gasteiger partial charge in [-0.05, 0) is 56.2 Å². The molecule has 94 valence electrons. The molecule has 0 amide bonds. The summed E-state index contributed by atoms with van der Waals surface area (Å²) in [5, 5.41) is 4.55. The van der Waals surface area contributed by atoms with E-state index in [0.29, 0.717) is 0 Å². The molecule has 0 atom stereocenters. The van der Waals surface area contributed by atoms with Crippen LogP contribution >= 0.6 is 0 Å². The van der Waals surface area contributed by atoms with Gasteiger partial charge in [-0.25, -0.2) is 0 Å². The Labute approximate surface area is 109 Å². The number of hydrogen-bond acceptors (Lipinski definition) is 1. The predicted molar refractivity (Wildman–Crippen MR) is 74.8 cm³/mol. The van der Waals surface area contributed by atoms with Crippen molar-refractivity contribution in [1.29, 1.82) is 0 Å². The number of hydrogen-bond donors (Lipinski definition) is 0. The monoisotopic (exact) mass is 240 g/mol. The van der Waals surface area contributed by atoms with Crippen LogP contribution < -0.4 is 0 Å². The van der Waals surface area contributed by atoms with Crippen LogP contribution in [0.2, 0.25) is 0 Å². The number of nitrogens with zero attached hydrogens (tertiary/aromatic N) is 2. The fourth-order valence-electron chi connectivity index (χ4n) is 3.18. The van der Waals surface area contributed by atoms with E-state index in [0.717, 1.165) is 5.69 Å². The molecule has 1 aromatic heterocycles. The molecule has 0 radical (unpaired) electrons. The lowest BCUT2D eigenvalue weighted by Gasteiger charge is -2.19. The van der Waals surface area contributed by atoms with Crippen LogP contribution in [-0.2, 0) is 19.9 Å². The van der Waals surface area contributed by atoms with Crippen LogP contribution in [0.3, 0.4) is 0 Å². The third-order valence-corrected chi connectivity index (χ3v) is 4.17. The number of fused-ring (bicyclic) bond motifs is 1. The lowest BCUT2D eigenvalue weighted by atomic mass is 9.85. The van der Waals surface area contributed by atoms with Gasteiger partial charge in [0.1, 0.15) is 0 Å². The zero-order valence-corrected chi connectivity index (χ0v) is 11.5. The molecule has 0 bridgehead atoms. The van der Waals surface area contributed by atoms with Gasteiger partial charge in [-0.2, -0.15) is 5.10 Å². The second kappa shape index (κ2) is 4.27. The van der Waals surface area contributed by atoms with Crippen molar-refractivity contribution in [3.05, 3.63) is 40.7 Å². The molecule has 0 saturated carbocycles. The molecule has 0 N–H and O–H groups in total. The summed E-state index contributed by atoms with van der Waals surface area (Å²) in [6.45, 7) is 4.28. The summed E-state index contributed by atoms with van der Waals surface area (Å²) in [7, 11) is 2.03. The number of aryl methyl sites for hydroxylation is 3. The summed E-state index contributed by atoms with van der Waals surface area (Å²) in [6.07, 6.45) is 5.12. The third kappa shape index (κ3) is 1.67. The smallest absolute Gasteiger partial charge is 0.0674 e. The van der Waals surface area contributed by atoms with Crippen molar-refractivity contribution in [3.63, 3.8) is 0 Å². The largest absolute Gasteiger partial charge is 0.272 e. The molecule has 1 heterocycles. The van der Waals surface area contributed by atoms with E-state index in [2.05, 4.69) is 37.1 Å². The van der Waals surface area contributed by atoms with Gasteiger partial charge >= 0.3 is 0 Å². The maximum atomic E-state index is 4.55. The molecule has 1 aromatic carbocycles. The van der Waals surface area contributed by atoms with Crippen molar-refractivity contribution in [3.8, 4) is 11.1 Å². The molecule has 2 aromatic rings. The van der Waals surface area contributed by atoms with Crippen molar-refractivity contribution < 1.29 is 0 Å². The van der Waals surface area contributed by atoms with E-state index in [1.807, 2.05) is 11.7 Å². The van der Waals surface area contributed by atoms with Gasteiger partial charge in [0.25, 0.3) is 0 Å². The van der Waals surface area contributed by atoms with Crippen molar-refractivity contribution in [2.24, 2.45) is 7.05 Å². The van der Waals surface area contributed by atoms with E-state index >= 15 is 0 Å². The number of aromatic nitrogens is 2. The first-order valence-corrected chi connectivity index (χ1v) is 6.80. The SMILES string of the molecule is Cc1nn(C)c(C)c1-c1cccc2c1CCCC2. The van der Waals surface area contributed by atoms with Gasteiger partial charge in [0, 0.05) is 18.3 Å². The number of benzene rings is 1. The normalized spacial score (nSPS) is 14.6. The van der Waals surface area contributed by atoms with E-state index in [1.54, 1.807) is 11.1 Å². The lowest BCUT2D eigenvalue weighted by molar-refractivity contribution is 0.686. The summed E-state index contributed by atoms with van der Waals surface area (Å²) in [6, 6.07) is 6.76. The van der Waals surface area contributed by atoms with Crippen molar-refractivity contribution in [2.45, 2.75) is 39.5 Å². The van der Waals surface area contributed by atoms with Crippen molar-refractivity contribution in [1.82, 2.24) is 9.78 Å². The molecule has 3 rings (SSSR count). The highest BCUT2D eigenvalue weighted by molar-refractivity contribution is 5.73. The van der Waals surface area contributed by atoms with Gasteiger partial charge in [0.05, 0.1) is 5.69 Å². The van der Waals surface area contributed by atoms with E-state index in [4.69, 9.17) is 0 Å². The minimum absolute atomic E-state index is 1.15. The predicted octanol–water partition coefficient (Wildman–Crippen LogP) is 3.58. The van der Waals surface area contributed by atoms with Gasteiger partial charge in [0.15, 0.2) is 0 Å². The summed E-state index contributed by atoms with van der Waals surface area (Å²) >= 11 is 0. The minimum atomic E-state index is 1.15. The van der Waals surface area contributed by atoms with Crippen molar-refractivity contribution in [2.75, 3.05) is 0 Å². The fraction of sp³-hybridized carbons (Fsp3) is 0.438. The highest BCUT2D eigenvalue weighted by Gasteiger charge is 2.18. The second-order valence-corrected chi connectivity index (χ2v) is 5.32. The van der Waals surface area contributed by atoms with Gasteiger partial charge < -0.3 is 0 Å². The fourth-order valence-corrected chi connectivity index (χ4v) is 3.18. The summed E-state index contributed by atoms with van der Waals surface area (Å²) < 4.78 is 1.99. The molecule has 0 saturated heterocycles. The summed E-state index contributed by atoms with van der Waals surface area (Å²) in [4.78, 5) is 0. The summed E-state index contributed by atoms with van der Waals surface area (Å²) in [5.41, 5.74) is 8.27. The average molecular weight is 240 g/mol. The van der Waals surface area contributed by atoms with Crippen LogP contribution in [0.25, 0.3) is 11.1 Å². The first-order valence-electron chi connectivity index (χ1n) is 6.80. The Bertz CT molecular complexity index is 593. The molecule has 0 unspecified atom stereocenters. The molecule has 2 heteroatoms. The average Bonchev–Trinajstić information content (AvgIpc) is 2.63. The first-order chi connectivity index (χ1) is 8.68. The molecule has 0 spiro atoms. The molecule has 0 fully saturated rings. The van der Waals surface area contributed by atoms with Crippen LogP contribution in [0.4, 0.5) is 0 Å². The van der Waals surface area contributed by atoms with Crippen LogP contribution in [-0.4, -0.2) is 9.78 Å². The Hall–Kier alpha value is -1.57. The van der Waals surface area contributed by atoms with E-state index in [-0.39, 0.29) is 0 Å². The molecule has 1 aliphatic carbocycles. The molecule has 18 heavy (non-hydrogen) atoms. The molecule has 2 nitrogen and oxygen atoms in total. The Morgan fingerprint density at radius 3 is 2.61 bits per heavy atom. The van der Waals surface area contributed by atoms with Crippen molar-refractivity contribution >= 4 is 0 Å². The first kappa shape index (κ1) is 11.5. The Morgan fingerprint density at radius 2 is 1.89 bits per heavy atom. The van der Waals surface area contributed by atoms with Gasteiger partial charge in [-0.1, -0.05) is 18.2 Å². The third-order valence-electron chi connectivity index (χ3n) is 4.17. The molecular weight excluding hydrogens is 220 g/mol. The Balaban J connectivity index is 2.23. The van der Waals surface area contributed by atoms with Crippen LogP contribution in [0.5, 0.6) is 0 Å². The Kier molecular flexibility index (Phi) is 2.73. The van der Waals surface area contributed by atoms with Crippen LogP contribution in [0.15, 0.2) is 18.2 Å². The van der Waals surface area contributed by atoms with Gasteiger partial charge in [0.2, 0.25) is 0 Å². The maximum absolute atomic E-state index is 4.55. The lowest BCUT2D eigenvalue weighted by Crippen LogP contribution is -2.04. The summed E-state index contributed by atoms with van der Waals surface area (Å²) in [5.74, 6) is 0. The molecule has 1 aliphatic rings. The van der Waals surface area contributed by atoms with Crippen LogP contribution in [0.1, 0.15) is 35.4 Å².